The van der Waals surface area contributed by atoms with Crippen LogP contribution in [0.1, 0.15) is 37.7 Å². The number of pyridine rings is 1. The molecule has 0 radical (unpaired) electrons. The molecule has 2 aliphatic rings. The Hall–Kier alpha value is -2.46. The number of allylic oxidation sites excluding steroid dienone is 4. The highest BCUT2D eigenvalue weighted by Crippen LogP contribution is 2.42. The van der Waals surface area contributed by atoms with Crippen molar-refractivity contribution < 1.29 is 9.59 Å². The molecule has 1 fully saturated rings. The molecule has 0 bridgehead atoms. The SMILES string of the molecule is O=C1C=C(c2ccccc2)C(=O)C(Sc2ccccn2)=C1C1CCCCC1. The normalized spacial score (nSPS) is 18.6. The van der Waals surface area contributed by atoms with Gasteiger partial charge in [-0.2, -0.15) is 0 Å². The van der Waals surface area contributed by atoms with E-state index in [4.69, 9.17) is 0 Å². The van der Waals surface area contributed by atoms with Gasteiger partial charge in [-0.3, -0.25) is 9.59 Å². The number of hydrogen-bond acceptors (Lipinski definition) is 4. The molecule has 3 nitrogen and oxygen atoms in total. The van der Waals surface area contributed by atoms with Crippen LogP contribution in [0.3, 0.4) is 0 Å². The van der Waals surface area contributed by atoms with Gasteiger partial charge in [0.05, 0.1) is 4.91 Å². The zero-order chi connectivity index (χ0) is 18.6. The standard InChI is InChI=1S/C23H21NO2S/c25-19-15-18(16-9-3-1-4-10-16)22(26)23(27-20-13-7-8-14-24-20)21(19)17-11-5-2-6-12-17/h1,3-4,7-10,13-15,17H,2,5-6,11-12H2. The lowest BCUT2D eigenvalue weighted by Crippen LogP contribution is -2.24. The van der Waals surface area contributed by atoms with Crippen LogP contribution in [-0.4, -0.2) is 16.6 Å². The Labute approximate surface area is 163 Å². The fourth-order valence-corrected chi connectivity index (χ4v) is 4.90. The molecule has 136 valence electrons. The van der Waals surface area contributed by atoms with Gasteiger partial charge in [0.15, 0.2) is 5.78 Å². The molecule has 0 amide bonds. The number of rotatable bonds is 4. The van der Waals surface area contributed by atoms with Crippen LogP contribution in [0.2, 0.25) is 0 Å². The lowest BCUT2D eigenvalue weighted by molar-refractivity contribution is -0.114. The van der Waals surface area contributed by atoms with Gasteiger partial charge in [0.25, 0.3) is 0 Å². The van der Waals surface area contributed by atoms with E-state index >= 15 is 0 Å². The Morgan fingerprint density at radius 2 is 1.63 bits per heavy atom. The van der Waals surface area contributed by atoms with Gasteiger partial charge in [-0.25, -0.2) is 4.98 Å². The Morgan fingerprint density at radius 1 is 0.889 bits per heavy atom. The van der Waals surface area contributed by atoms with E-state index in [1.165, 1.54) is 18.2 Å². The maximum absolute atomic E-state index is 13.4. The van der Waals surface area contributed by atoms with Crippen LogP contribution in [0.4, 0.5) is 0 Å². The van der Waals surface area contributed by atoms with Gasteiger partial charge >= 0.3 is 0 Å². The van der Waals surface area contributed by atoms with Gasteiger partial charge in [-0.05, 0) is 42.5 Å². The molecule has 4 rings (SSSR count). The van der Waals surface area contributed by atoms with E-state index < -0.39 is 0 Å². The number of ketones is 2. The molecule has 1 aromatic heterocycles. The van der Waals surface area contributed by atoms with Gasteiger partial charge in [0.2, 0.25) is 5.78 Å². The van der Waals surface area contributed by atoms with Crippen molar-refractivity contribution in [2.75, 3.05) is 0 Å². The van der Waals surface area contributed by atoms with Gasteiger partial charge in [-0.15, -0.1) is 0 Å². The van der Waals surface area contributed by atoms with Crippen molar-refractivity contribution in [2.24, 2.45) is 5.92 Å². The Morgan fingerprint density at radius 3 is 2.33 bits per heavy atom. The van der Waals surface area contributed by atoms with Gasteiger partial charge in [-0.1, -0.05) is 67.4 Å². The molecule has 0 N–H and O–H groups in total. The highest BCUT2D eigenvalue weighted by molar-refractivity contribution is 8.04. The summed E-state index contributed by atoms with van der Waals surface area (Å²) in [5, 5.41) is 0.747. The number of nitrogens with zero attached hydrogens (tertiary/aromatic N) is 1. The third kappa shape index (κ3) is 3.81. The molecular formula is C23H21NO2S. The summed E-state index contributed by atoms with van der Waals surface area (Å²) < 4.78 is 0. The summed E-state index contributed by atoms with van der Waals surface area (Å²) in [6, 6.07) is 15.1. The Balaban J connectivity index is 1.77. The molecule has 0 aliphatic heterocycles. The lowest BCUT2D eigenvalue weighted by Gasteiger charge is -2.27. The van der Waals surface area contributed by atoms with E-state index in [9.17, 15) is 9.59 Å². The molecule has 1 heterocycles. The molecule has 0 unspecified atom stereocenters. The summed E-state index contributed by atoms with van der Waals surface area (Å²) in [6.07, 6.45) is 8.67. The van der Waals surface area contributed by atoms with E-state index in [1.54, 1.807) is 12.3 Å². The van der Waals surface area contributed by atoms with Crippen LogP contribution in [0, 0.1) is 5.92 Å². The van der Waals surface area contributed by atoms with E-state index in [2.05, 4.69) is 4.98 Å². The number of benzene rings is 1. The number of hydrogen-bond donors (Lipinski definition) is 0. The summed E-state index contributed by atoms with van der Waals surface area (Å²) in [4.78, 5) is 31.4. The first-order valence-corrected chi connectivity index (χ1v) is 10.2. The van der Waals surface area contributed by atoms with Crippen molar-refractivity contribution in [3.63, 3.8) is 0 Å². The highest BCUT2D eigenvalue weighted by Gasteiger charge is 2.34. The molecule has 1 saturated carbocycles. The first-order chi connectivity index (χ1) is 13.2. The Bertz CT molecular complexity index is 910. The minimum atomic E-state index is -0.0583. The third-order valence-electron chi connectivity index (χ3n) is 5.18. The van der Waals surface area contributed by atoms with Crippen LogP contribution >= 0.6 is 11.8 Å². The zero-order valence-electron chi connectivity index (χ0n) is 15.1. The molecule has 2 aliphatic carbocycles. The second kappa shape index (κ2) is 8.05. The fraction of sp³-hybridized carbons (Fsp3) is 0.261. The fourth-order valence-electron chi connectivity index (χ4n) is 3.85. The van der Waals surface area contributed by atoms with E-state index in [0.29, 0.717) is 16.1 Å². The molecule has 4 heteroatoms. The van der Waals surface area contributed by atoms with Crippen molar-refractivity contribution in [1.82, 2.24) is 4.98 Å². The van der Waals surface area contributed by atoms with Crippen molar-refractivity contribution in [1.29, 1.82) is 0 Å². The first-order valence-electron chi connectivity index (χ1n) is 9.43. The minimum Gasteiger partial charge on any atom is -0.290 e. The van der Waals surface area contributed by atoms with Gasteiger partial charge < -0.3 is 0 Å². The van der Waals surface area contributed by atoms with Gasteiger partial charge in [0.1, 0.15) is 5.03 Å². The summed E-state index contributed by atoms with van der Waals surface area (Å²) >= 11 is 1.33. The van der Waals surface area contributed by atoms with Crippen molar-refractivity contribution in [3.05, 3.63) is 76.8 Å². The smallest absolute Gasteiger partial charge is 0.200 e. The summed E-state index contributed by atoms with van der Waals surface area (Å²) in [6.45, 7) is 0. The van der Waals surface area contributed by atoms with E-state index in [-0.39, 0.29) is 17.5 Å². The molecule has 1 aromatic carbocycles. The summed E-state index contributed by atoms with van der Waals surface area (Å²) in [7, 11) is 0. The minimum absolute atomic E-state index is 0.0150. The maximum Gasteiger partial charge on any atom is 0.200 e. The molecule has 27 heavy (non-hydrogen) atoms. The topological polar surface area (TPSA) is 47.0 Å². The van der Waals surface area contributed by atoms with Crippen LogP contribution in [0.15, 0.2) is 76.3 Å². The lowest BCUT2D eigenvalue weighted by atomic mass is 9.78. The number of Topliss-reactive ketones (excluding diaryl/α,β-unsaturated/α-hetero) is 1. The third-order valence-corrected chi connectivity index (χ3v) is 6.24. The van der Waals surface area contributed by atoms with Crippen molar-refractivity contribution in [3.8, 4) is 0 Å². The van der Waals surface area contributed by atoms with Crippen LogP contribution < -0.4 is 0 Å². The average molecular weight is 375 g/mol. The number of thioether (sulfide) groups is 1. The first kappa shape index (κ1) is 17.9. The van der Waals surface area contributed by atoms with Crippen LogP contribution in [-0.2, 0) is 9.59 Å². The quantitative estimate of drug-likeness (QED) is 0.685. The second-order valence-electron chi connectivity index (χ2n) is 6.97. The second-order valence-corrected chi connectivity index (χ2v) is 8.00. The van der Waals surface area contributed by atoms with E-state index in [1.807, 2.05) is 48.5 Å². The average Bonchev–Trinajstić information content (AvgIpc) is 2.72. The monoisotopic (exact) mass is 375 g/mol. The van der Waals surface area contributed by atoms with Gasteiger partial charge in [0, 0.05) is 17.3 Å². The zero-order valence-corrected chi connectivity index (χ0v) is 15.9. The predicted octanol–water partition coefficient (Wildman–Crippen LogP) is 5.24. The molecule has 2 aromatic rings. The molecule has 0 saturated heterocycles. The van der Waals surface area contributed by atoms with Crippen molar-refractivity contribution in [2.45, 2.75) is 37.1 Å². The van der Waals surface area contributed by atoms with Crippen LogP contribution in [0.25, 0.3) is 5.57 Å². The molecular weight excluding hydrogens is 354 g/mol. The number of carbonyl (C=O) groups excluding carboxylic acids is 2. The molecule has 0 atom stereocenters. The maximum atomic E-state index is 13.4. The highest BCUT2D eigenvalue weighted by atomic mass is 32.2. The summed E-state index contributed by atoms with van der Waals surface area (Å²) in [5.74, 6) is 0.103. The largest absolute Gasteiger partial charge is 0.290 e. The molecule has 0 spiro atoms. The summed E-state index contributed by atoms with van der Waals surface area (Å²) in [5.41, 5.74) is 1.98. The van der Waals surface area contributed by atoms with E-state index in [0.717, 1.165) is 36.3 Å². The predicted molar refractivity (Wildman–Crippen MR) is 108 cm³/mol. The Kier molecular flexibility index (Phi) is 5.35. The van der Waals surface area contributed by atoms with Crippen molar-refractivity contribution >= 4 is 28.9 Å². The number of aromatic nitrogens is 1. The number of carbonyl (C=O) groups is 2. The van der Waals surface area contributed by atoms with Crippen LogP contribution in [0.5, 0.6) is 0 Å².